The maximum absolute atomic E-state index is 12.4. The van der Waals surface area contributed by atoms with Gasteiger partial charge in [0.2, 0.25) is 0 Å². The third kappa shape index (κ3) is 3.08. The molecule has 0 atom stereocenters. The Hall–Kier alpha value is -1.11. The van der Waals surface area contributed by atoms with Crippen molar-refractivity contribution < 1.29 is 18.0 Å². The zero-order valence-corrected chi connectivity index (χ0v) is 11.5. The molecule has 0 radical (unpaired) electrons. The largest absolute Gasteiger partial charge is 0.417 e. The Kier molecular flexibility index (Phi) is 3.85. The average molecular weight is 337 g/mol. The van der Waals surface area contributed by atoms with Gasteiger partial charge >= 0.3 is 6.18 Å². The first-order valence-corrected chi connectivity index (χ1v) is 6.90. The van der Waals surface area contributed by atoms with Crippen LogP contribution in [0.5, 0.6) is 0 Å². The molecule has 0 bridgehead atoms. The molecular formula is C12H12BrF3N2O. The van der Waals surface area contributed by atoms with Crippen molar-refractivity contribution in [2.24, 2.45) is 0 Å². The molecule has 1 fully saturated rings. The molecule has 1 aliphatic carbocycles. The summed E-state index contributed by atoms with van der Waals surface area (Å²) in [5, 5.41) is 3.46. The minimum atomic E-state index is -4.44. The molecule has 1 N–H and O–H groups in total. The van der Waals surface area contributed by atoms with Gasteiger partial charge in [0.15, 0.2) is 0 Å². The third-order valence-electron chi connectivity index (χ3n) is 3.27. The number of alkyl halides is 4. The number of hydrogen-bond acceptors (Lipinski definition) is 2. The van der Waals surface area contributed by atoms with Crippen LogP contribution < -0.4 is 5.32 Å². The van der Waals surface area contributed by atoms with Crippen molar-refractivity contribution in [3.05, 3.63) is 29.6 Å². The van der Waals surface area contributed by atoms with Gasteiger partial charge in [0, 0.05) is 11.5 Å². The van der Waals surface area contributed by atoms with E-state index in [9.17, 15) is 18.0 Å². The molecule has 19 heavy (non-hydrogen) atoms. The number of amides is 1. The van der Waals surface area contributed by atoms with Crippen molar-refractivity contribution in [2.45, 2.75) is 31.0 Å². The number of halogens is 4. The first-order valence-electron chi connectivity index (χ1n) is 5.78. The summed E-state index contributed by atoms with van der Waals surface area (Å²) in [6.07, 6.45) is -0.995. The summed E-state index contributed by atoms with van der Waals surface area (Å²) in [7, 11) is 0. The van der Waals surface area contributed by atoms with E-state index >= 15 is 0 Å². The number of nitrogens with zero attached hydrogens (tertiary/aromatic N) is 1. The van der Waals surface area contributed by atoms with E-state index in [0.717, 1.165) is 31.4 Å². The average Bonchev–Trinajstić information content (AvgIpc) is 2.32. The van der Waals surface area contributed by atoms with Crippen LogP contribution in [0.25, 0.3) is 0 Å². The van der Waals surface area contributed by atoms with Gasteiger partial charge in [0.25, 0.3) is 5.91 Å². The lowest BCUT2D eigenvalue weighted by atomic mass is 9.78. The molecule has 1 amide bonds. The van der Waals surface area contributed by atoms with E-state index in [2.05, 4.69) is 26.2 Å². The fourth-order valence-corrected chi connectivity index (χ4v) is 2.60. The van der Waals surface area contributed by atoms with Gasteiger partial charge < -0.3 is 5.32 Å². The maximum Gasteiger partial charge on any atom is 0.417 e. The molecule has 0 aromatic carbocycles. The minimum Gasteiger partial charge on any atom is -0.344 e. The predicted molar refractivity (Wildman–Crippen MR) is 67.1 cm³/mol. The van der Waals surface area contributed by atoms with Gasteiger partial charge in [-0.1, -0.05) is 15.9 Å². The maximum atomic E-state index is 12.4. The number of hydrogen-bond donors (Lipinski definition) is 1. The van der Waals surface area contributed by atoms with Gasteiger partial charge in [-0.05, 0) is 31.4 Å². The number of rotatable bonds is 3. The fourth-order valence-electron chi connectivity index (χ4n) is 1.90. The van der Waals surface area contributed by atoms with Crippen molar-refractivity contribution in [1.82, 2.24) is 10.3 Å². The lowest BCUT2D eigenvalue weighted by Crippen LogP contribution is -2.55. The highest BCUT2D eigenvalue weighted by Crippen LogP contribution is 2.33. The van der Waals surface area contributed by atoms with E-state index in [1.165, 1.54) is 0 Å². The molecule has 2 rings (SSSR count). The van der Waals surface area contributed by atoms with Gasteiger partial charge in [0.05, 0.1) is 11.1 Å². The van der Waals surface area contributed by atoms with E-state index in [1.807, 2.05) is 0 Å². The SMILES string of the molecule is O=C(NC1(CBr)CCC1)c1ccc(C(F)(F)F)cn1. The van der Waals surface area contributed by atoms with Crippen LogP contribution in [0.1, 0.15) is 35.3 Å². The lowest BCUT2D eigenvalue weighted by molar-refractivity contribution is -0.137. The summed E-state index contributed by atoms with van der Waals surface area (Å²) < 4.78 is 37.1. The normalized spacial score (nSPS) is 17.7. The Morgan fingerprint density at radius 2 is 2.11 bits per heavy atom. The Bertz CT molecular complexity index is 463. The predicted octanol–water partition coefficient (Wildman–Crippen LogP) is 3.15. The monoisotopic (exact) mass is 336 g/mol. The van der Waals surface area contributed by atoms with Crippen LogP contribution in [0.15, 0.2) is 18.3 Å². The van der Waals surface area contributed by atoms with Crippen LogP contribution in [0.4, 0.5) is 13.2 Å². The Labute approximate surface area is 116 Å². The van der Waals surface area contributed by atoms with Crippen molar-refractivity contribution in [1.29, 1.82) is 0 Å². The topological polar surface area (TPSA) is 42.0 Å². The van der Waals surface area contributed by atoms with Gasteiger partial charge in [0.1, 0.15) is 5.69 Å². The fraction of sp³-hybridized carbons (Fsp3) is 0.500. The molecule has 104 valence electrons. The van der Waals surface area contributed by atoms with Crippen LogP contribution in [-0.2, 0) is 6.18 Å². The molecule has 1 aromatic heterocycles. The highest BCUT2D eigenvalue weighted by molar-refractivity contribution is 9.09. The third-order valence-corrected chi connectivity index (χ3v) is 4.34. The summed E-state index contributed by atoms with van der Waals surface area (Å²) in [6.45, 7) is 0. The summed E-state index contributed by atoms with van der Waals surface area (Å²) in [6, 6.07) is 1.96. The number of pyridine rings is 1. The Balaban J connectivity index is 2.08. The molecule has 0 aliphatic heterocycles. The van der Waals surface area contributed by atoms with E-state index in [4.69, 9.17) is 0 Å². The first-order chi connectivity index (χ1) is 8.86. The van der Waals surface area contributed by atoms with E-state index in [0.29, 0.717) is 11.5 Å². The van der Waals surface area contributed by atoms with Crippen molar-refractivity contribution in [2.75, 3.05) is 5.33 Å². The Morgan fingerprint density at radius 1 is 1.42 bits per heavy atom. The summed E-state index contributed by atoms with van der Waals surface area (Å²) >= 11 is 3.34. The van der Waals surface area contributed by atoms with Crippen molar-refractivity contribution >= 4 is 21.8 Å². The van der Waals surface area contributed by atoms with E-state index in [1.54, 1.807) is 0 Å². The second-order valence-corrected chi connectivity index (χ2v) is 5.21. The number of carbonyl (C=O) groups excluding carboxylic acids is 1. The van der Waals surface area contributed by atoms with Crippen molar-refractivity contribution in [3.8, 4) is 0 Å². The van der Waals surface area contributed by atoms with E-state index < -0.39 is 17.6 Å². The Morgan fingerprint density at radius 3 is 2.47 bits per heavy atom. The zero-order valence-electron chi connectivity index (χ0n) is 9.93. The molecule has 3 nitrogen and oxygen atoms in total. The van der Waals surface area contributed by atoms with Crippen molar-refractivity contribution in [3.63, 3.8) is 0 Å². The van der Waals surface area contributed by atoms with Gasteiger partial charge in [-0.15, -0.1) is 0 Å². The van der Waals surface area contributed by atoms with Crippen LogP contribution in [0.2, 0.25) is 0 Å². The van der Waals surface area contributed by atoms with E-state index in [-0.39, 0.29) is 11.2 Å². The quantitative estimate of drug-likeness (QED) is 0.861. The number of carbonyl (C=O) groups is 1. The minimum absolute atomic E-state index is 0.000208. The molecule has 7 heteroatoms. The zero-order chi connectivity index (χ0) is 14.1. The highest BCUT2D eigenvalue weighted by Gasteiger charge is 2.38. The summed E-state index contributed by atoms with van der Waals surface area (Å²) in [5.41, 5.74) is -1.13. The molecule has 0 unspecified atom stereocenters. The summed E-state index contributed by atoms with van der Waals surface area (Å²) in [4.78, 5) is 15.5. The molecule has 1 heterocycles. The molecular weight excluding hydrogens is 325 g/mol. The first kappa shape index (κ1) is 14.3. The number of aromatic nitrogens is 1. The van der Waals surface area contributed by atoms with Crippen LogP contribution in [-0.4, -0.2) is 21.8 Å². The summed E-state index contributed by atoms with van der Waals surface area (Å²) in [5.74, 6) is -0.437. The second kappa shape index (κ2) is 5.11. The number of nitrogens with one attached hydrogen (secondary N) is 1. The molecule has 0 spiro atoms. The van der Waals surface area contributed by atoms with Gasteiger partial charge in [-0.25, -0.2) is 0 Å². The highest BCUT2D eigenvalue weighted by atomic mass is 79.9. The molecule has 1 saturated carbocycles. The van der Waals surface area contributed by atoms with Crippen LogP contribution in [0, 0.1) is 0 Å². The molecule has 0 saturated heterocycles. The van der Waals surface area contributed by atoms with Gasteiger partial charge in [-0.2, -0.15) is 13.2 Å². The van der Waals surface area contributed by atoms with Crippen LogP contribution >= 0.6 is 15.9 Å². The second-order valence-electron chi connectivity index (χ2n) is 4.65. The van der Waals surface area contributed by atoms with Gasteiger partial charge in [-0.3, -0.25) is 9.78 Å². The molecule has 1 aromatic rings. The standard InChI is InChI=1S/C12H12BrF3N2O/c13-7-11(4-1-5-11)18-10(19)9-3-2-8(6-17-9)12(14,15)16/h2-3,6H,1,4-5,7H2,(H,18,19). The smallest absolute Gasteiger partial charge is 0.344 e. The lowest BCUT2D eigenvalue weighted by Gasteiger charge is -2.41. The molecule has 1 aliphatic rings. The van der Waals surface area contributed by atoms with Crippen LogP contribution in [0.3, 0.4) is 0 Å².